The van der Waals surface area contributed by atoms with Crippen LogP contribution in [0.5, 0.6) is 12.0 Å². The fourth-order valence-electron chi connectivity index (χ4n) is 2.58. The van der Waals surface area contributed by atoms with Crippen LogP contribution >= 0.6 is 0 Å². The highest BCUT2D eigenvalue weighted by Gasteiger charge is 2.26. The summed E-state index contributed by atoms with van der Waals surface area (Å²) < 4.78 is 11.3. The Balaban J connectivity index is 2.07. The average Bonchev–Trinajstić information content (AvgIpc) is 2.43. The molecule has 1 N–H and O–H groups in total. The molecular formula is C15H26N4O2. The van der Waals surface area contributed by atoms with Crippen LogP contribution < -0.4 is 14.8 Å². The van der Waals surface area contributed by atoms with Gasteiger partial charge in [-0.25, -0.2) is 0 Å². The van der Waals surface area contributed by atoms with E-state index in [1.165, 1.54) is 6.42 Å². The maximum absolute atomic E-state index is 5.97. The first-order chi connectivity index (χ1) is 10.1. The van der Waals surface area contributed by atoms with Gasteiger partial charge >= 0.3 is 12.0 Å². The summed E-state index contributed by atoms with van der Waals surface area (Å²) in [5.41, 5.74) is 0. The SMILES string of the molecule is CCNc1nc(OCC)nc(OC2CCC(C)C(C)C2)n1. The van der Waals surface area contributed by atoms with Gasteiger partial charge in [-0.05, 0) is 44.9 Å². The Morgan fingerprint density at radius 2 is 1.81 bits per heavy atom. The Hall–Kier alpha value is -1.59. The Bertz CT molecular complexity index is 431. The molecule has 21 heavy (non-hydrogen) atoms. The van der Waals surface area contributed by atoms with E-state index in [2.05, 4.69) is 34.1 Å². The first-order valence-electron chi connectivity index (χ1n) is 7.91. The molecule has 6 heteroatoms. The highest BCUT2D eigenvalue weighted by Crippen LogP contribution is 2.31. The van der Waals surface area contributed by atoms with Gasteiger partial charge in [-0.3, -0.25) is 0 Å². The lowest BCUT2D eigenvalue weighted by molar-refractivity contribution is 0.0907. The molecule has 0 amide bonds. The summed E-state index contributed by atoms with van der Waals surface area (Å²) in [4.78, 5) is 12.7. The summed E-state index contributed by atoms with van der Waals surface area (Å²) >= 11 is 0. The Kier molecular flexibility index (Phi) is 5.59. The molecule has 1 fully saturated rings. The molecule has 1 aliphatic carbocycles. The fraction of sp³-hybridized carbons (Fsp3) is 0.800. The summed E-state index contributed by atoms with van der Waals surface area (Å²) in [6.45, 7) is 9.75. The number of hydrogen-bond donors (Lipinski definition) is 1. The smallest absolute Gasteiger partial charge is 0.324 e. The van der Waals surface area contributed by atoms with Crippen LogP contribution in [0.1, 0.15) is 47.0 Å². The summed E-state index contributed by atoms with van der Waals surface area (Å²) in [5, 5.41) is 3.08. The van der Waals surface area contributed by atoms with Gasteiger partial charge in [0.05, 0.1) is 6.61 Å². The lowest BCUT2D eigenvalue weighted by atomic mass is 9.80. The zero-order chi connectivity index (χ0) is 15.2. The molecule has 3 atom stereocenters. The third-order valence-corrected chi connectivity index (χ3v) is 4.02. The minimum absolute atomic E-state index is 0.183. The van der Waals surface area contributed by atoms with Gasteiger partial charge < -0.3 is 14.8 Å². The second kappa shape index (κ2) is 7.43. The lowest BCUT2D eigenvalue weighted by Gasteiger charge is -2.31. The van der Waals surface area contributed by atoms with Gasteiger partial charge in [0.2, 0.25) is 5.95 Å². The first-order valence-corrected chi connectivity index (χ1v) is 7.91. The number of anilines is 1. The molecule has 0 bridgehead atoms. The van der Waals surface area contributed by atoms with Crippen molar-refractivity contribution in [2.75, 3.05) is 18.5 Å². The quantitative estimate of drug-likeness (QED) is 0.870. The van der Waals surface area contributed by atoms with Crippen molar-refractivity contribution in [2.24, 2.45) is 11.8 Å². The molecule has 1 aromatic heterocycles. The van der Waals surface area contributed by atoms with Crippen molar-refractivity contribution in [2.45, 2.75) is 53.1 Å². The number of nitrogens with one attached hydrogen (secondary N) is 1. The summed E-state index contributed by atoms with van der Waals surface area (Å²) in [6.07, 6.45) is 3.47. The van der Waals surface area contributed by atoms with E-state index in [4.69, 9.17) is 9.47 Å². The fourth-order valence-corrected chi connectivity index (χ4v) is 2.58. The van der Waals surface area contributed by atoms with Gasteiger partial charge in [0.25, 0.3) is 0 Å². The standard InChI is InChI=1S/C15H26N4O2/c1-5-16-13-17-14(20-6-2)19-15(18-13)21-12-8-7-10(3)11(4)9-12/h10-12H,5-9H2,1-4H3,(H,16,17,18,19). The largest absolute Gasteiger partial charge is 0.464 e. The van der Waals surface area contributed by atoms with Gasteiger partial charge in [-0.1, -0.05) is 13.8 Å². The monoisotopic (exact) mass is 294 g/mol. The van der Waals surface area contributed by atoms with E-state index in [1.54, 1.807) is 0 Å². The van der Waals surface area contributed by atoms with Gasteiger partial charge in [0, 0.05) is 6.54 Å². The van der Waals surface area contributed by atoms with Crippen LogP contribution in [0.15, 0.2) is 0 Å². The third-order valence-electron chi connectivity index (χ3n) is 4.02. The molecule has 6 nitrogen and oxygen atoms in total. The minimum Gasteiger partial charge on any atom is -0.464 e. The first kappa shape index (κ1) is 15.8. The van der Waals surface area contributed by atoms with E-state index < -0.39 is 0 Å². The van der Waals surface area contributed by atoms with Crippen molar-refractivity contribution in [3.8, 4) is 12.0 Å². The Labute approximate surface area is 126 Å². The van der Waals surface area contributed by atoms with Gasteiger partial charge in [-0.2, -0.15) is 9.97 Å². The van der Waals surface area contributed by atoms with Crippen LogP contribution in [-0.2, 0) is 0 Å². The third kappa shape index (κ3) is 4.44. The maximum Gasteiger partial charge on any atom is 0.324 e. The summed E-state index contributed by atoms with van der Waals surface area (Å²) in [6, 6.07) is 0.673. The normalized spacial score (nSPS) is 25.4. The lowest BCUT2D eigenvalue weighted by Crippen LogP contribution is -2.29. The molecule has 1 aliphatic rings. The second-order valence-corrected chi connectivity index (χ2v) is 5.69. The zero-order valence-corrected chi connectivity index (χ0v) is 13.4. The van der Waals surface area contributed by atoms with E-state index in [1.807, 2.05) is 13.8 Å². The molecule has 1 saturated carbocycles. The van der Waals surface area contributed by atoms with Gasteiger partial charge in [0.1, 0.15) is 6.10 Å². The molecule has 0 radical (unpaired) electrons. The van der Waals surface area contributed by atoms with Crippen molar-refractivity contribution in [3.05, 3.63) is 0 Å². The number of aromatic nitrogens is 3. The molecule has 3 unspecified atom stereocenters. The molecular weight excluding hydrogens is 268 g/mol. The second-order valence-electron chi connectivity index (χ2n) is 5.69. The zero-order valence-electron chi connectivity index (χ0n) is 13.4. The van der Waals surface area contributed by atoms with Crippen LogP contribution in [0.2, 0.25) is 0 Å². The summed E-state index contributed by atoms with van der Waals surface area (Å²) in [7, 11) is 0. The van der Waals surface area contributed by atoms with Crippen molar-refractivity contribution in [1.29, 1.82) is 0 Å². The molecule has 118 valence electrons. The highest BCUT2D eigenvalue weighted by atomic mass is 16.5. The van der Waals surface area contributed by atoms with Gasteiger partial charge in [0.15, 0.2) is 0 Å². The van der Waals surface area contributed by atoms with Gasteiger partial charge in [-0.15, -0.1) is 4.98 Å². The highest BCUT2D eigenvalue weighted by molar-refractivity contribution is 5.27. The van der Waals surface area contributed by atoms with Crippen molar-refractivity contribution in [3.63, 3.8) is 0 Å². The van der Waals surface area contributed by atoms with Crippen molar-refractivity contribution in [1.82, 2.24) is 15.0 Å². The molecule has 0 aliphatic heterocycles. The number of ether oxygens (including phenoxy) is 2. The van der Waals surface area contributed by atoms with E-state index in [-0.39, 0.29) is 6.10 Å². The van der Waals surface area contributed by atoms with Crippen molar-refractivity contribution < 1.29 is 9.47 Å². The predicted molar refractivity (Wildman–Crippen MR) is 81.8 cm³/mol. The Morgan fingerprint density at radius 3 is 2.48 bits per heavy atom. The average molecular weight is 294 g/mol. The molecule has 1 heterocycles. The van der Waals surface area contributed by atoms with E-state index in [0.29, 0.717) is 30.5 Å². The number of nitrogens with zero attached hydrogens (tertiary/aromatic N) is 3. The van der Waals surface area contributed by atoms with Crippen LogP contribution in [0.3, 0.4) is 0 Å². The van der Waals surface area contributed by atoms with Crippen LogP contribution in [0.25, 0.3) is 0 Å². The summed E-state index contributed by atoms with van der Waals surface area (Å²) in [5.74, 6) is 1.94. The predicted octanol–water partition coefficient (Wildman–Crippen LogP) is 2.91. The number of hydrogen-bond acceptors (Lipinski definition) is 6. The molecule has 1 aromatic rings. The van der Waals surface area contributed by atoms with Crippen molar-refractivity contribution >= 4 is 5.95 Å². The van der Waals surface area contributed by atoms with E-state index >= 15 is 0 Å². The molecule has 0 aromatic carbocycles. The molecule has 2 rings (SSSR count). The minimum atomic E-state index is 0.183. The van der Waals surface area contributed by atoms with Crippen LogP contribution in [-0.4, -0.2) is 34.2 Å². The van der Waals surface area contributed by atoms with Crippen LogP contribution in [0.4, 0.5) is 5.95 Å². The molecule has 0 spiro atoms. The van der Waals surface area contributed by atoms with E-state index in [0.717, 1.165) is 25.3 Å². The van der Waals surface area contributed by atoms with E-state index in [9.17, 15) is 0 Å². The Morgan fingerprint density at radius 1 is 1.05 bits per heavy atom. The number of rotatable bonds is 6. The maximum atomic E-state index is 5.97. The molecule has 0 saturated heterocycles. The topological polar surface area (TPSA) is 69.2 Å². The van der Waals surface area contributed by atoms with Crippen LogP contribution in [0, 0.1) is 11.8 Å².